The van der Waals surface area contributed by atoms with Gasteiger partial charge in [0, 0.05) is 26.3 Å². The van der Waals surface area contributed by atoms with Crippen molar-refractivity contribution in [1.29, 1.82) is 0 Å². The Balaban J connectivity index is 1.91. The quantitative estimate of drug-likeness (QED) is 0.524. The zero-order valence-corrected chi connectivity index (χ0v) is 16.2. The highest BCUT2D eigenvalue weighted by molar-refractivity contribution is 7.99. The Labute approximate surface area is 150 Å². The van der Waals surface area contributed by atoms with Crippen molar-refractivity contribution in [3.8, 4) is 0 Å². The van der Waals surface area contributed by atoms with Crippen LogP contribution in [-0.2, 0) is 17.7 Å². The maximum absolute atomic E-state index is 5.25. The van der Waals surface area contributed by atoms with E-state index in [0.29, 0.717) is 6.61 Å². The lowest BCUT2D eigenvalue weighted by Gasteiger charge is -2.10. The Bertz CT molecular complexity index is 612. The number of thioether (sulfide) groups is 1. The highest BCUT2D eigenvalue weighted by atomic mass is 32.2. The highest BCUT2D eigenvalue weighted by Crippen LogP contribution is 2.20. The molecule has 0 aliphatic heterocycles. The summed E-state index contributed by atoms with van der Waals surface area (Å²) < 4.78 is 7.63. The molecule has 0 saturated carbocycles. The molecule has 0 amide bonds. The lowest BCUT2D eigenvalue weighted by atomic mass is 10.2. The molecule has 2 heterocycles. The van der Waals surface area contributed by atoms with Crippen molar-refractivity contribution in [2.24, 2.45) is 0 Å². The molecule has 2 aromatic rings. The molecule has 0 atom stereocenters. The number of aromatic nitrogens is 3. The second-order valence-electron chi connectivity index (χ2n) is 6.27. The van der Waals surface area contributed by atoms with Crippen LogP contribution >= 0.6 is 11.8 Å². The number of unbranched alkanes of at least 4 members (excludes halogenated alkanes) is 3. The van der Waals surface area contributed by atoms with Gasteiger partial charge in [-0.3, -0.25) is 4.98 Å². The minimum Gasteiger partial charge on any atom is -0.384 e. The largest absolute Gasteiger partial charge is 0.384 e. The molecule has 0 unspecified atom stereocenters. The third-order valence-corrected chi connectivity index (χ3v) is 5.41. The topological polar surface area (TPSA) is 39.9 Å². The second-order valence-corrected chi connectivity index (χ2v) is 7.50. The number of hydrogen-bond acceptors (Lipinski definition) is 4. The van der Waals surface area contributed by atoms with Crippen LogP contribution < -0.4 is 0 Å². The van der Waals surface area contributed by atoms with Crippen molar-refractivity contribution in [3.63, 3.8) is 0 Å². The zero-order chi connectivity index (χ0) is 17.2. The monoisotopic (exact) mass is 349 g/mol. The molecule has 0 aromatic carbocycles. The summed E-state index contributed by atoms with van der Waals surface area (Å²) in [6.45, 7) is 6.14. The van der Waals surface area contributed by atoms with Crippen LogP contribution in [0.15, 0.2) is 12.4 Å². The average Bonchev–Trinajstić information content (AvgIpc) is 2.94. The Hall–Kier alpha value is -1.07. The van der Waals surface area contributed by atoms with E-state index in [4.69, 9.17) is 9.72 Å². The van der Waals surface area contributed by atoms with Crippen molar-refractivity contribution in [2.45, 2.75) is 58.9 Å². The molecule has 134 valence electrons. The standard InChI is InChI=1S/C19H31N3OS/c1-4-5-12-24-13-8-6-7-10-22-18(9-11-23-3)21-17-15-20-14-16(2)19(17)22/h14-15H,4-13H2,1-3H3. The van der Waals surface area contributed by atoms with Gasteiger partial charge in [-0.2, -0.15) is 11.8 Å². The lowest BCUT2D eigenvalue weighted by molar-refractivity contribution is 0.199. The first kappa shape index (κ1) is 19.3. The minimum absolute atomic E-state index is 0.712. The van der Waals surface area contributed by atoms with E-state index < -0.39 is 0 Å². The molecule has 2 aromatic heterocycles. The van der Waals surface area contributed by atoms with Gasteiger partial charge < -0.3 is 9.30 Å². The first-order chi connectivity index (χ1) is 11.8. The molecule has 5 heteroatoms. The van der Waals surface area contributed by atoms with E-state index in [1.165, 1.54) is 54.7 Å². The summed E-state index contributed by atoms with van der Waals surface area (Å²) in [6, 6.07) is 0. The van der Waals surface area contributed by atoms with E-state index in [1.807, 2.05) is 12.4 Å². The smallest absolute Gasteiger partial charge is 0.112 e. The Morgan fingerprint density at radius 1 is 1.12 bits per heavy atom. The van der Waals surface area contributed by atoms with Gasteiger partial charge in [-0.1, -0.05) is 19.8 Å². The van der Waals surface area contributed by atoms with Crippen LogP contribution in [0.1, 0.15) is 50.4 Å². The summed E-state index contributed by atoms with van der Waals surface area (Å²) in [4.78, 5) is 9.06. The Morgan fingerprint density at radius 3 is 2.75 bits per heavy atom. The van der Waals surface area contributed by atoms with Crippen LogP contribution in [0.5, 0.6) is 0 Å². The molecule has 0 saturated heterocycles. The van der Waals surface area contributed by atoms with Crippen molar-refractivity contribution in [1.82, 2.24) is 14.5 Å². The number of aryl methyl sites for hydroxylation is 2. The number of rotatable bonds is 12. The normalized spacial score (nSPS) is 11.5. The van der Waals surface area contributed by atoms with Crippen LogP contribution in [0.25, 0.3) is 11.0 Å². The van der Waals surface area contributed by atoms with Crippen molar-refractivity contribution in [2.75, 3.05) is 25.2 Å². The molecule has 0 N–H and O–H groups in total. The first-order valence-electron chi connectivity index (χ1n) is 9.14. The lowest BCUT2D eigenvalue weighted by Crippen LogP contribution is -2.07. The van der Waals surface area contributed by atoms with Gasteiger partial charge >= 0.3 is 0 Å². The van der Waals surface area contributed by atoms with Crippen LogP contribution in [0.2, 0.25) is 0 Å². The maximum Gasteiger partial charge on any atom is 0.112 e. The Morgan fingerprint density at radius 2 is 1.96 bits per heavy atom. The van der Waals surface area contributed by atoms with Gasteiger partial charge in [0.1, 0.15) is 11.3 Å². The summed E-state index contributed by atoms with van der Waals surface area (Å²) >= 11 is 2.10. The van der Waals surface area contributed by atoms with E-state index >= 15 is 0 Å². The van der Waals surface area contributed by atoms with Crippen molar-refractivity contribution in [3.05, 3.63) is 23.8 Å². The van der Waals surface area contributed by atoms with Gasteiger partial charge in [-0.15, -0.1) is 0 Å². The van der Waals surface area contributed by atoms with Crippen LogP contribution in [-0.4, -0.2) is 39.8 Å². The zero-order valence-electron chi connectivity index (χ0n) is 15.4. The predicted octanol–water partition coefficient (Wildman–Crippen LogP) is 4.63. The number of fused-ring (bicyclic) bond motifs is 1. The molecule has 0 aliphatic carbocycles. The SMILES string of the molecule is CCCCSCCCCCn1c(CCOC)nc2cncc(C)c21. The number of imidazole rings is 1. The maximum atomic E-state index is 5.25. The van der Waals surface area contributed by atoms with Crippen LogP contribution in [0, 0.1) is 6.92 Å². The van der Waals surface area contributed by atoms with E-state index in [1.54, 1.807) is 7.11 Å². The van der Waals surface area contributed by atoms with Gasteiger partial charge in [-0.05, 0) is 43.3 Å². The van der Waals surface area contributed by atoms with Crippen molar-refractivity contribution >= 4 is 22.8 Å². The fourth-order valence-electron chi connectivity index (χ4n) is 2.93. The second kappa shape index (κ2) is 10.7. The fourth-order valence-corrected chi connectivity index (χ4v) is 4.03. The van der Waals surface area contributed by atoms with Gasteiger partial charge in [0.05, 0.1) is 18.3 Å². The minimum atomic E-state index is 0.712. The number of hydrogen-bond donors (Lipinski definition) is 0. The van der Waals surface area contributed by atoms with Gasteiger partial charge in [0.2, 0.25) is 0 Å². The molecule has 24 heavy (non-hydrogen) atoms. The van der Waals surface area contributed by atoms with Gasteiger partial charge in [0.15, 0.2) is 0 Å². The third-order valence-electron chi connectivity index (χ3n) is 4.25. The summed E-state index contributed by atoms with van der Waals surface area (Å²) in [5.41, 5.74) is 3.46. The average molecular weight is 350 g/mol. The number of ether oxygens (including phenoxy) is 1. The van der Waals surface area contributed by atoms with E-state index in [-0.39, 0.29) is 0 Å². The fraction of sp³-hybridized carbons (Fsp3) is 0.684. The molecular weight excluding hydrogens is 318 g/mol. The number of pyridine rings is 1. The highest BCUT2D eigenvalue weighted by Gasteiger charge is 2.12. The molecule has 0 radical (unpaired) electrons. The van der Waals surface area contributed by atoms with Gasteiger partial charge in [0.25, 0.3) is 0 Å². The summed E-state index contributed by atoms with van der Waals surface area (Å²) in [5.74, 6) is 3.74. The van der Waals surface area contributed by atoms with E-state index in [9.17, 15) is 0 Å². The summed E-state index contributed by atoms with van der Waals surface area (Å²) in [5, 5.41) is 0. The Kier molecular flexibility index (Phi) is 8.60. The van der Waals surface area contributed by atoms with E-state index in [0.717, 1.165) is 24.3 Å². The van der Waals surface area contributed by atoms with Gasteiger partial charge in [-0.25, -0.2) is 4.98 Å². The molecule has 0 bridgehead atoms. The molecule has 2 rings (SSSR count). The number of methoxy groups -OCH3 is 1. The summed E-state index contributed by atoms with van der Waals surface area (Å²) in [7, 11) is 1.75. The van der Waals surface area contributed by atoms with E-state index in [2.05, 4.69) is 35.2 Å². The molecular formula is C19H31N3OS. The molecule has 0 aliphatic rings. The van der Waals surface area contributed by atoms with Crippen molar-refractivity contribution < 1.29 is 4.74 Å². The molecule has 0 spiro atoms. The van der Waals surface area contributed by atoms with Crippen LogP contribution in [0.4, 0.5) is 0 Å². The van der Waals surface area contributed by atoms with Crippen LogP contribution in [0.3, 0.4) is 0 Å². The first-order valence-corrected chi connectivity index (χ1v) is 10.3. The predicted molar refractivity (Wildman–Crippen MR) is 104 cm³/mol. The molecule has 4 nitrogen and oxygen atoms in total. The molecule has 0 fully saturated rings. The summed E-state index contributed by atoms with van der Waals surface area (Å²) in [6.07, 6.45) is 11.1. The third kappa shape index (κ3) is 5.49. The number of nitrogens with zero attached hydrogens (tertiary/aromatic N) is 3.